The van der Waals surface area contributed by atoms with Crippen LogP contribution in [0.2, 0.25) is 0 Å². The number of carboxylic acids is 2. The van der Waals surface area contributed by atoms with Gasteiger partial charge in [0.1, 0.15) is 18.1 Å². The fourth-order valence-corrected chi connectivity index (χ4v) is 3.57. The van der Waals surface area contributed by atoms with Crippen LogP contribution >= 0.6 is 0 Å². The van der Waals surface area contributed by atoms with Crippen molar-refractivity contribution in [3.63, 3.8) is 0 Å². The smallest absolute Gasteiger partial charge is 0.326 e. The Balaban J connectivity index is 3.01. The topological polar surface area (TPSA) is 179 Å². The Morgan fingerprint density at radius 3 is 2.19 bits per heavy atom. The van der Waals surface area contributed by atoms with Gasteiger partial charge in [-0.2, -0.15) is 0 Å². The van der Waals surface area contributed by atoms with Crippen molar-refractivity contribution in [2.75, 3.05) is 6.54 Å². The van der Waals surface area contributed by atoms with Crippen LogP contribution in [0.25, 0.3) is 0 Å². The molecule has 32 heavy (non-hydrogen) atoms. The van der Waals surface area contributed by atoms with E-state index in [1.54, 1.807) is 13.8 Å². The number of hydrogen-bond acceptors (Lipinski definition) is 6. The van der Waals surface area contributed by atoms with Gasteiger partial charge >= 0.3 is 11.9 Å². The van der Waals surface area contributed by atoms with Gasteiger partial charge in [0.15, 0.2) is 0 Å². The molecule has 11 heteroatoms. The fraction of sp³-hybridized carbons (Fsp3) is 0.762. The summed E-state index contributed by atoms with van der Waals surface area (Å²) >= 11 is 0. The van der Waals surface area contributed by atoms with Crippen molar-refractivity contribution in [3.8, 4) is 0 Å². The SMILES string of the molecule is CCC(C)C(N)C(=O)NC(C(=O)NC(CCC(=O)O)C(=O)N1CCCC1C(=O)O)C(C)C. The number of amides is 3. The van der Waals surface area contributed by atoms with Crippen LogP contribution in [-0.2, 0) is 24.0 Å². The Morgan fingerprint density at radius 1 is 1.06 bits per heavy atom. The summed E-state index contributed by atoms with van der Waals surface area (Å²) in [7, 11) is 0. The van der Waals surface area contributed by atoms with E-state index in [1.165, 1.54) is 0 Å². The molecule has 3 amide bonds. The Hall–Kier alpha value is -2.69. The molecule has 0 aliphatic carbocycles. The standard InChI is InChI=1S/C21H36N4O7/c1-5-12(4)16(22)18(28)24-17(11(2)3)19(29)23-13(8-9-15(26)27)20(30)25-10-6-7-14(25)21(31)32/h11-14,16-17H,5-10,22H2,1-4H3,(H,23,29)(H,24,28)(H,26,27)(H,31,32). The van der Waals surface area contributed by atoms with Crippen molar-refractivity contribution in [2.24, 2.45) is 17.6 Å². The third kappa shape index (κ3) is 7.47. The zero-order valence-electron chi connectivity index (χ0n) is 19.2. The summed E-state index contributed by atoms with van der Waals surface area (Å²) in [5.74, 6) is -4.52. The van der Waals surface area contributed by atoms with E-state index in [0.717, 1.165) is 4.90 Å². The summed E-state index contributed by atoms with van der Waals surface area (Å²) < 4.78 is 0. The van der Waals surface area contributed by atoms with E-state index in [9.17, 15) is 29.1 Å². The summed E-state index contributed by atoms with van der Waals surface area (Å²) in [4.78, 5) is 62.1. The molecule has 5 atom stereocenters. The van der Waals surface area contributed by atoms with Crippen molar-refractivity contribution >= 4 is 29.7 Å². The zero-order valence-corrected chi connectivity index (χ0v) is 19.2. The number of carbonyl (C=O) groups excluding carboxylic acids is 3. The van der Waals surface area contributed by atoms with Gasteiger partial charge in [0.25, 0.3) is 0 Å². The normalized spacial score (nSPS) is 19.7. The lowest BCUT2D eigenvalue weighted by Crippen LogP contribution is -2.59. The van der Waals surface area contributed by atoms with E-state index >= 15 is 0 Å². The van der Waals surface area contributed by atoms with E-state index in [4.69, 9.17) is 10.8 Å². The van der Waals surface area contributed by atoms with Crippen LogP contribution in [-0.4, -0.2) is 75.5 Å². The minimum absolute atomic E-state index is 0.0983. The van der Waals surface area contributed by atoms with Crippen molar-refractivity contribution in [3.05, 3.63) is 0 Å². The number of hydrogen-bond donors (Lipinski definition) is 5. The molecule has 1 aliphatic heterocycles. The quantitative estimate of drug-likeness (QED) is 0.270. The highest BCUT2D eigenvalue weighted by atomic mass is 16.4. The predicted octanol–water partition coefficient (Wildman–Crippen LogP) is -0.0742. The van der Waals surface area contributed by atoms with Gasteiger partial charge in [-0.3, -0.25) is 19.2 Å². The molecule has 0 saturated carbocycles. The van der Waals surface area contributed by atoms with Crippen molar-refractivity contribution in [1.29, 1.82) is 0 Å². The highest BCUT2D eigenvalue weighted by Gasteiger charge is 2.39. The van der Waals surface area contributed by atoms with Gasteiger partial charge in [0, 0.05) is 13.0 Å². The summed E-state index contributed by atoms with van der Waals surface area (Å²) in [6.45, 7) is 7.36. The van der Waals surface area contributed by atoms with Gasteiger partial charge in [-0.15, -0.1) is 0 Å². The molecule has 5 unspecified atom stereocenters. The largest absolute Gasteiger partial charge is 0.481 e. The van der Waals surface area contributed by atoms with Crippen molar-refractivity contribution in [1.82, 2.24) is 15.5 Å². The van der Waals surface area contributed by atoms with Gasteiger partial charge in [-0.1, -0.05) is 34.1 Å². The third-order valence-corrected chi connectivity index (χ3v) is 5.89. The zero-order chi connectivity index (χ0) is 24.6. The number of nitrogens with zero attached hydrogens (tertiary/aromatic N) is 1. The maximum absolute atomic E-state index is 13.0. The Kier molecular flexibility index (Phi) is 10.6. The molecule has 1 rings (SSSR count). The molecule has 182 valence electrons. The predicted molar refractivity (Wildman–Crippen MR) is 115 cm³/mol. The molecule has 1 saturated heterocycles. The Labute approximate surface area is 188 Å². The van der Waals surface area contributed by atoms with Crippen molar-refractivity contribution in [2.45, 2.75) is 84.0 Å². The summed E-state index contributed by atoms with van der Waals surface area (Å²) in [5, 5.41) is 23.6. The second-order valence-corrected chi connectivity index (χ2v) is 8.66. The molecule has 0 aromatic heterocycles. The Bertz CT molecular complexity index is 712. The molecule has 0 aromatic rings. The minimum Gasteiger partial charge on any atom is -0.481 e. The molecule has 1 heterocycles. The second kappa shape index (κ2) is 12.4. The number of aliphatic carboxylic acids is 2. The van der Waals surface area contributed by atoms with E-state index in [-0.39, 0.29) is 31.2 Å². The molecule has 1 aliphatic rings. The van der Waals surface area contributed by atoms with Crippen LogP contribution in [0.1, 0.15) is 59.8 Å². The van der Waals surface area contributed by atoms with E-state index in [0.29, 0.717) is 19.3 Å². The Morgan fingerprint density at radius 2 is 1.69 bits per heavy atom. The van der Waals surface area contributed by atoms with Crippen LogP contribution < -0.4 is 16.4 Å². The molecule has 11 nitrogen and oxygen atoms in total. The average Bonchev–Trinajstić information content (AvgIpc) is 3.22. The lowest BCUT2D eigenvalue weighted by atomic mass is 9.97. The van der Waals surface area contributed by atoms with Gasteiger partial charge in [0.05, 0.1) is 6.04 Å². The summed E-state index contributed by atoms with van der Waals surface area (Å²) in [6.07, 6.45) is 0.881. The average molecular weight is 457 g/mol. The van der Waals surface area contributed by atoms with Gasteiger partial charge in [0.2, 0.25) is 17.7 Å². The number of likely N-dealkylation sites (tertiary alicyclic amines) is 1. The van der Waals surface area contributed by atoms with Crippen molar-refractivity contribution < 1.29 is 34.2 Å². The molecule has 0 bridgehead atoms. The van der Waals surface area contributed by atoms with Crippen LogP contribution in [0.3, 0.4) is 0 Å². The van der Waals surface area contributed by atoms with Gasteiger partial charge in [-0.25, -0.2) is 4.79 Å². The van der Waals surface area contributed by atoms with Crippen LogP contribution in [0.15, 0.2) is 0 Å². The molecule has 0 radical (unpaired) electrons. The van der Waals surface area contributed by atoms with E-state index < -0.39 is 53.8 Å². The first-order valence-corrected chi connectivity index (χ1v) is 11.0. The third-order valence-electron chi connectivity index (χ3n) is 5.89. The first-order valence-electron chi connectivity index (χ1n) is 11.0. The molecular formula is C21H36N4O7. The van der Waals surface area contributed by atoms with Crippen LogP contribution in [0, 0.1) is 11.8 Å². The molecule has 6 N–H and O–H groups in total. The van der Waals surface area contributed by atoms with E-state index in [1.807, 2.05) is 13.8 Å². The second-order valence-electron chi connectivity index (χ2n) is 8.66. The lowest BCUT2D eigenvalue weighted by molar-refractivity contribution is -0.150. The monoisotopic (exact) mass is 456 g/mol. The minimum atomic E-state index is -1.22. The molecule has 0 spiro atoms. The maximum Gasteiger partial charge on any atom is 0.326 e. The maximum atomic E-state index is 13.0. The molecule has 0 aromatic carbocycles. The first kappa shape index (κ1) is 27.3. The highest BCUT2D eigenvalue weighted by molar-refractivity contribution is 5.94. The number of nitrogens with two attached hydrogens (primary N) is 1. The summed E-state index contributed by atoms with van der Waals surface area (Å²) in [6, 6.07) is -4.04. The first-order chi connectivity index (χ1) is 14.9. The van der Waals surface area contributed by atoms with Crippen LogP contribution in [0.5, 0.6) is 0 Å². The summed E-state index contributed by atoms with van der Waals surface area (Å²) in [5.41, 5.74) is 5.95. The number of carboxylic acid groups (broad SMARTS) is 2. The number of nitrogens with one attached hydrogen (secondary N) is 2. The highest BCUT2D eigenvalue weighted by Crippen LogP contribution is 2.20. The van der Waals surface area contributed by atoms with Gasteiger partial charge in [-0.05, 0) is 31.1 Å². The lowest BCUT2D eigenvalue weighted by Gasteiger charge is -2.30. The fourth-order valence-electron chi connectivity index (χ4n) is 3.57. The molecular weight excluding hydrogens is 420 g/mol. The van der Waals surface area contributed by atoms with Gasteiger partial charge < -0.3 is 31.5 Å². The number of carbonyl (C=O) groups is 5. The van der Waals surface area contributed by atoms with Crippen LogP contribution in [0.4, 0.5) is 0 Å². The van der Waals surface area contributed by atoms with E-state index in [2.05, 4.69) is 10.6 Å². The number of rotatable bonds is 12. The molecule has 1 fully saturated rings.